The predicted molar refractivity (Wildman–Crippen MR) is 140 cm³/mol. The molecule has 0 amide bonds. The minimum absolute atomic E-state index is 0.0538. The SMILES string of the molecule is CCCc1ccc(C(=O)/C(C#N)=c2\s/c(=C\c3ccccn3)c(=O)n2-c2ccccc2CC)cc1. The molecule has 0 unspecified atom stereocenters. The van der Waals surface area contributed by atoms with Gasteiger partial charge in [0.1, 0.15) is 16.3 Å². The second kappa shape index (κ2) is 10.9. The van der Waals surface area contributed by atoms with Crippen LogP contribution in [0.15, 0.2) is 77.7 Å². The molecular formula is C29H25N3O2S. The van der Waals surface area contributed by atoms with Crippen molar-refractivity contribution in [3.05, 3.63) is 115 Å². The second-order valence-electron chi connectivity index (χ2n) is 8.06. The van der Waals surface area contributed by atoms with Gasteiger partial charge in [0.25, 0.3) is 5.56 Å². The van der Waals surface area contributed by atoms with E-state index in [-0.39, 0.29) is 11.1 Å². The van der Waals surface area contributed by atoms with E-state index < -0.39 is 5.78 Å². The van der Waals surface area contributed by atoms with Crippen LogP contribution in [0.25, 0.3) is 17.3 Å². The molecule has 0 aliphatic carbocycles. The Bertz CT molecular complexity index is 1570. The molecule has 0 bridgehead atoms. The van der Waals surface area contributed by atoms with Crippen molar-refractivity contribution in [3.63, 3.8) is 0 Å². The summed E-state index contributed by atoms with van der Waals surface area (Å²) in [5.74, 6) is -0.399. The Hall–Kier alpha value is -4.08. The molecule has 2 aromatic carbocycles. The smallest absolute Gasteiger partial charge is 0.273 e. The average molecular weight is 480 g/mol. The molecule has 0 aliphatic heterocycles. The van der Waals surface area contributed by atoms with Gasteiger partial charge in [-0.05, 0) is 48.2 Å². The summed E-state index contributed by atoms with van der Waals surface area (Å²) in [6, 6.07) is 22.5. The van der Waals surface area contributed by atoms with Gasteiger partial charge in [-0.15, -0.1) is 11.3 Å². The number of aromatic nitrogens is 2. The number of nitrogens with zero attached hydrogens (tertiary/aromatic N) is 3. The van der Waals surface area contributed by atoms with Gasteiger partial charge in [-0.3, -0.25) is 19.1 Å². The van der Waals surface area contributed by atoms with Gasteiger partial charge >= 0.3 is 0 Å². The standard InChI is InChI=1S/C29H25N3O2S/c1-3-9-20-13-15-22(16-14-20)27(33)24(19-30)29-32(25-12-6-5-10-21(25)4-2)28(34)26(35-29)18-23-11-7-8-17-31-23/h5-8,10-18H,3-4,9H2,1-2H3/b26-18-,29-24-. The number of ketones is 1. The highest BCUT2D eigenvalue weighted by Gasteiger charge is 2.19. The van der Waals surface area contributed by atoms with Crippen LogP contribution in [0.2, 0.25) is 0 Å². The predicted octanol–water partition coefficient (Wildman–Crippen LogP) is 4.19. The highest BCUT2D eigenvalue weighted by atomic mass is 32.1. The summed E-state index contributed by atoms with van der Waals surface area (Å²) >= 11 is 1.14. The number of thiazole rings is 1. The van der Waals surface area contributed by atoms with Crippen molar-refractivity contribution in [2.45, 2.75) is 33.1 Å². The zero-order valence-corrected chi connectivity index (χ0v) is 20.5. The first-order valence-corrected chi connectivity index (χ1v) is 12.4. The van der Waals surface area contributed by atoms with Gasteiger partial charge in [-0.1, -0.05) is 68.8 Å². The van der Waals surface area contributed by atoms with Crippen LogP contribution in [-0.2, 0) is 12.8 Å². The van der Waals surface area contributed by atoms with Crippen molar-refractivity contribution < 1.29 is 4.79 Å². The first-order valence-electron chi connectivity index (χ1n) is 11.6. The Labute approximate surface area is 208 Å². The minimum Gasteiger partial charge on any atom is -0.288 e. The van der Waals surface area contributed by atoms with E-state index in [0.29, 0.717) is 32.6 Å². The minimum atomic E-state index is -0.399. The largest absolute Gasteiger partial charge is 0.288 e. The van der Waals surface area contributed by atoms with Gasteiger partial charge in [0.15, 0.2) is 0 Å². The summed E-state index contributed by atoms with van der Waals surface area (Å²) in [6.45, 7) is 4.11. The first-order chi connectivity index (χ1) is 17.1. The van der Waals surface area contributed by atoms with Gasteiger partial charge in [-0.25, -0.2) is 0 Å². The van der Waals surface area contributed by atoms with Crippen molar-refractivity contribution in [2.75, 3.05) is 0 Å². The number of benzene rings is 2. The molecule has 4 rings (SSSR count). The lowest BCUT2D eigenvalue weighted by atomic mass is 10.0. The van der Waals surface area contributed by atoms with Crippen LogP contribution in [0.1, 0.15) is 47.4 Å². The fraction of sp³-hybridized carbons (Fsp3) is 0.172. The Morgan fingerprint density at radius 1 is 1.06 bits per heavy atom. The molecular weight excluding hydrogens is 454 g/mol. The number of rotatable bonds is 7. The van der Waals surface area contributed by atoms with Crippen LogP contribution in [0.4, 0.5) is 0 Å². The van der Waals surface area contributed by atoms with Crippen LogP contribution < -0.4 is 14.8 Å². The summed E-state index contributed by atoms with van der Waals surface area (Å²) in [5.41, 5.74) is 3.48. The van der Waals surface area contributed by atoms with Crippen molar-refractivity contribution in [1.29, 1.82) is 5.26 Å². The number of hydrogen-bond donors (Lipinski definition) is 0. The molecule has 0 N–H and O–H groups in total. The molecule has 0 fully saturated rings. The molecule has 0 radical (unpaired) electrons. The Kier molecular flexibility index (Phi) is 7.49. The maximum absolute atomic E-state index is 13.6. The molecule has 0 spiro atoms. The highest BCUT2D eigenvalue weighted by molar-refractivity contribution is 7.07. The van der Waals surface area contributed by atoms with Crippen LogP contribution >= 0.6 is 11.3 Å². The molecule has 0 saturated heterocycles. The number of nitriles is 1. The monoisotopic (exact) mass is 479 g/mol. The van der Waals surface area contributed by atoms with Crippen LogP contribution in [0.3, 0.4) is 0 Å². The number of carbonyl (C=O) groups excluding carboxylic acids is 1. The van der Waals surface area contributed by atoms with E-state index in [1.807, 2.05) is 49.4 Å². The molecule has 0 saturated carbocycles. The maximum Gasteiger partial charge on any atom is 0.273 e. The first kappa shape index (κ1) is 24.1. The zero-order chi connectivity index (χ0) is 24.8. The number of aryl methyl sites for hydroxylation is 2. The van der Waals surface area contributed by atoms with E-state index in [1.165, 1.54) is 4.57 Å². The number of hydrogen-bond acceptors (Lipinski definition) is 5. The molecule has 0 aliphatic rings. The van der Waals surface area contributed by atoms with Crippen molar-refractivity contribution >= 4 is 28.8 Å². The third-order valence-electron chi connectivity index (χ3n) is 5.71. The summed E-state index contributed by atoms with van der Waals surface area (Å²) in [5, 5.41) is 10.1. The molecule has 2 aromatic heterocycles. The number of Topliss-reactive ketones (excluding diaryl/α,β-unsaturated/α-hetero) is 1. The lowest BCUT2D eigenvalue weighted by molar-refractivity contribution is 0.105. The molecule has 2 heterocycles. The van der Waals surface area contributed by atoms with E-state index in [0.717, 1.165) is 35.3 Å². The maximum atomic E-state index is 13.6. The number of carbonyl (C=O) groups is 1. The second-order valence-corrected chi connectivity index (χ2v) is 9.09. The summed E-state index contributed by atoms with van der Waals surface area (Å²) in [6.07, 6.45) is 5.99. The number of para-hydroxylation sites is 1. The van der Waals surface area contributed by atoms with Gasteiger partial charge in [-0.2, -0.15) is 5.26 Å². The third kappa shape index (κ3) is 5.06. The lowest BCUT2D eigenvalue weighted by Crippen LogP contribution is -2.32. The van der Waals surface area contributed by atoms with Crippen molar-refractivity contribution in [3.8, 4) is 11.8 Å². The normalized spacial score (nSPS) is 12.3. The zero-order valence-electron chi connectivity index (χ0n) is 19.7. The summed E-state index contributed by atoms with van der Waals surface area (Å²) in [7, 11) is 0. The molecule has 0 atom stereocenters. The topological polar surface area (TPSA) is 75.8 Å². The third-order valence-corrected chi connectivity index (χ3v) is 6.80. The molecule has 4 aromatic rings. The fourth-order valence-electron chi connectivity index (χ4n) is 3.94. The molecule has 6 heteroatoms. The summed E-state index contributed by atoms with van der Waals surface area (Å²) in [4.78, 5) is 31.4. The lowest BCUT2D eigenvalue weighted by Gasteiger charge is -2.09. The average Bonchev–Trinajstić information content (AvgIpc) is 3.20. The van der Waals surface area contributed by atoms with Crippen LogP contribution in [0.5, 0.6) is 0 Å². The van der Waals surface area contributed by atoms with E-state index in [1.54, 1.807) is 36.5 Å². The van der Waals surface area contributed by atoms with Gasteiger partial charge in [0.2, 0.25) is 5.78 Å². The molecule has 35 heavy (non-hydrogen) atoms. The van der Waals surface area contributed by atoms with E-state index >= 15 is 0 Å². The van der Waals surface area contributed by atoms with Gasteiger partial charge in [0, 0.05) is 11.8 Å². The Balaban J connectivity index is 2.01. The van der Waals surface area contributed by atoms with E-state index in [9.17, 15) is 14.9 Å². The Morgan fingerprint density at radius 2 is 1.80 bits per heavy atom. The quantitative estimate of drug-likeness (QED) is 0.373. The Morgan fingerprint density at radius 3 is 2.46 bits per heavy atom. The fourth-order valence-corrected chi connectivity index (χ4v) is 5.02. The van der Waals surface area contributed by atoms with E-state index in [4.69, 9.17) is 0 Å². The van der Waals surface area contributed by atoms with Crippen LogP contribution in [0, 0.1) is 11.3 Å². The van der Waals surface area contributed by atoms with E-state index in [2.05, 4.69) is 18.0 Å². The molecule has 174 valence electrons. The highest BCUT2D eigenvalue weighted by Crippen LogP contribution is 2.15. The summed E-state index contributed by atoms with van der Waals surface area (Å²) < 4.78 is 2.23. The van der Waals surface area contributed by atoms with Gasteiger partial charge < -0.3 is 0 Å². The van der Waals surface area contributed by atoms with Crippen molar-refractivity contribution in [2.24, 2.45) is 0 Å². The van der Waals surface area contributed by atoms with Gasteiger partial charge in [0.05, 0.1) is 15.9 Å². The van der Waals surface area contributed by atoms with Crippen molar-refractivity contribution in [1.82, 2.24) is 9.55 Å². The van der Waals surface area contributed by atoms with Crippen LogP contribution in [-0.4, -0.2) is 15.3 Å². The molecule has 5 nitrogen and oxygen atoms in total. The number of pyridine rings is 1.